The summed E-state index contributed by atoms with van der Waals surface area (Å²) in [7, 11) is 1.55. The Morgan fingerprint density at radius 2 is 2.17 bits per heavy atom. The van der Waals surface area contributed by atoms with Gasteiger partial charge in [0.15, 0.2) is 11.5 Å². The third-order valence-corrected chi connectivity index (χ3v) is 4.45. The summed E-state index contributed by atoms with van der Waals surface area (Å²) in [6.45, 7) is 0.933. The summed E-state index contributed by atoms with van der Waals surface area (Å²) in [4.78, 5) is 12.7. The highest BCUT2D eigenvalue weighted by Gasteiger charge is 2.26. The van der Waals surface area contributed by atoms with Gasteiger partial charge in [-0.1, -0.05) is 0 Å². The normalized spacial score (nSPS) is 18.6. The molecule has 1 amide bonds. The fourth-order valence-electron chi connectivity index (χ4n) is 3.28. The molecule has 2 heterocycles. The van der Waals surface area contributed by atoms with E-state index in [1.807, 2.05) is 6.07 Å². The maximum atomic E-state index is 12.7. The first kappa shape index (κ1) is 14.9. The van der Waals surface area contributed by atoms with Crippen LogP contribution in [0, 0.1) is 0 Å². The SMILES string of the molecule is COc1cc(C(=O)NC2CCCc3occc32)cc2c1OCCO2. The molecule has 2 aliphatic rings. The topological polar surface area (TPSA) is 69.9 Å². The van der Waals surface area contributed by atoms with E-state index in [4.69, 9.17) is 18.6 Å². The van der Waals surface area contributed by atoms with Crippen LogP contribution in [0.5, 0.6) is 17.2 Å². The molecule has 6 nitrogen and oxygen atoms in total. The van der Waals surface area contributed by atoms with Crippen LogP contribution < -0.4 is 19.5 Å². The molecule has 126 valence electrons. The van der Waals surface area contributed by atoms with Crippen LogP contribution in [0.3, 0.4) is 0 Å². The van der Waals surface area contributed by atoms with Gasteiger partial charge in [0, 0.05) is 17.5 Å². The first-order valence-corrected chi connectivity index (χ1v) is 8.11. The van der Waals surface area contributed by atoms with E-state index in [0.29, 0.717) is 36.0 Å². The van der Waals surface area contributed by atoms with Gasteiger partial charge in [0.25, 0.3) is 5.91 Å². The van der Waals surface area contributed by atoms with Crippen molar-refractivity contribution in [3.8, 4) is 17.2 Å². The van der Waals surface area contributed by atoms with Crippen LogP contribution in [-0.2, 0) is 6.42 Å². The zero-order valence-electron chi connectivity index (χ0n) is 13.5. The predicted molar refractivity (Wildman–Crippen MR) is 85.8 cm³/mol. The van der Waals surface area contributed by atoms with Gasteiger partial charge in [0.1, 0.15) is 19.0 Å². The molecule has 24 heavy (non-hydrogen) atoms. The lowest BCUT2D eigenvalue weighted by Crippen LogP contribution is -2.30. The molecule has 1 atom stereocenters. The fourth-order valence-corrected chi connectivity index (χ4v) is 3.28. The van der Waals surface area contributed by atoms with Crippen molar-refractivity contribution in [2.45, 2.75) is 25.3 Å². The van der Waals surface area contributed by atoms with Crippen LogP contribution in [0.1, 0.15) is 40.6 Å². The smallest absolute Gasteiger partial charge is 0.252 e. The van der Waals surface area contributed by atoms with Crippen LogP contribution in [-0.4, -0.2) is 26.2 Å². The molecule has 0 fully saturated rings. The second-order valence-corrected chi connectivity index (χ2v) is 5.92. The molecule has 0 spiro atoms. The van der Waals surface area contributed by atoms with Gasteiger partial charge in [-0.2, -0.15) is 0 Å². The van der Waals surface area contributed by atoms with E-state index in [-0.39, 0.29) is 11.9 Å². The molecule has 1 aromatic carbocycles. The summed E-state index contributed by atoms with van der Waals surface area (Å²) in [6.07, 6.45) is 4.50. The van der Waals surface area contributed by atoms with Crippen LogP contribution in [0.4, 0.5) is 0 Å². The van der Waals surface area contributed by atoms with Crippen molar-refractivity contribution >= 4 is 5.91 Å². The number of methoxy groups -OCH3 is 1. The number of benzene rings is 1. The molecule has 1 aliphatic carbocycles. The number of nitrogens with one attached hydrogen (secondary N) is 1. The minimum absolute atomic E-state index is 0.0285. The van der Waals surface area contributed by atoms with Gasteiger partial charge in [0.2, 0.25) is 5.75 Å². The van der Waals surface area contributed by atoms with E-state index < -0.39 is 0 Å². The van der Waals surface area contributed by atoms with Gasteiger partial charge in [-0.25, -0.2) is 0 Å². The highest BCUT2D eigenvalue weighted by Crippen LogP contribution is 2.40. The highest BCUT2D eigenvalue weighted by atomic mass is 16.6. The van der Waals surface area contributed by atoms with Crippen LogP contribution in [0.15, 0.2) is 28.9 Å². The molecule has 0 saturated heterocycles. The van der Waals surface area contributed by atoms with E-state index in [1.165, 1.54) is 0 Å². The summed E-state index contributed by atoms with van der Waals surface area (Å²) in [5.74, 6) is 2.40. The lowest BCUT2D eigenvalue weighted by molar-refractivity contribution is 0.0930. The van der Waals surface area contributed by atoms with Crippen LogP contribution >= 0.6 is 0 Å². The number of amides is 1. The second kappa shape index (κ2) is 6.11. The molecule has 1 aromatic heterocycles. The first-order valence-electron chi connectivity index (χ1n) is 8.11. The van der Waals surface area contributed by atoms with Gasteiger partial charge in [0.05, 0.1) is 19.4 Å². The number of carbonyl (C=O) groups excluding carboxylic acids is 1. The van der Waals surface area contributed by atoms with Crippen molar-refractivity contribution in [3.63, 3.8) is 0 Å². The van der Waals surface area contributed by atoms with Gasteiger partial charge < -0.3 is 23.9 Å². The number of fused-ring (bicyclic) bond motifs is 2. The Bertz CT molecular complexity index is 750. The molecule has 0 radical (unpaired) electrons. The van der Waals surface area contributed by atoms with Crippen molar-refractivity contribution in [2.75, 3.05) is 20.3 Å². The maximum Gasteiger partial charge on any atom is 0.252 e. The van der Waals surface area contributed by atoms with E-state index in [2.05, 4.69) is 5.32 Å². The van der Waals surface area contributed by atoms with Crippen molar-refractivity contribution in [3.05, 3.63) is 41.3 Å². The van der Waals surface area contributed by atoms with Crippen molar-refractivity contribution in [2.24, 2.45) is 0 Å². The molecule has 2 aromatic rings. The van der Waals surface area contributed by atoms with Gasteiger partial charge >= 0.3 is 0 Å². The Morgan fingerprint density at radius 1 is 1.29 bits per heavy atom. The Kier molecular flexibility index (Phi) is 3.80. The number of carbonyl (C=O) groups is 1. The van der Waals surface area contributed by atoms with E-state index in [1.54, 1.807) is 25.5 Å². The standard InChI is InChI=1S/C18H19NO5/c1-21-15-9-11(10-16-17(15)24-8-7-23-16)18(20)19-13-3-2-4-14-12(13)5-6-22-14/h5-6,9-10,13H,2-4,7-8H2,1H3,(H,19,20). The first-order chi connectivity index (χ1) is 11.8. The molecule has 1 aliphatic heterocycles. The summed E-state index contributed by atoms with van der Waals surface area (Å²) < 4.78 is 22.0. The molecule has 6 heteroatoms. The van der Waals surface area contributed by atoms with Gasteiger partial charge in [-0.3, -0.25) is 4.79 Å². The Labute approximate surface area is 139 Å². The quantitative estimate of drug-likeness (QED) is 0.937. The molecule has 0 saturated carbocycles. The molecule has 4 rings (SSSR count). The Balaban J connectivity index is 1.59. The Hall–Kier alpha value is -2.63. The lowest BCUT2D eigenvalue weighted by atomic mass is 9.93. The van der Waals surface area contributed by atoms with Gasteiger partial charge in [-0.05, 0) is 31.0 Å². The number of rotatable bonds is 3. The number of hydrogen-bond donors (Lipinski definition) is 1. The van der Waals surface area contributed by atoms with Crippen LogP contribution in [0.25, 0.3) is 0 Å². The lowest BCUT2D eigenvalue weighted by Gasteiger charge is -2.24. The van der Waals surface area contributed by atoms with E-state index >= 15 is 0 Å². The number of hydrogen-bond acceptors (Lipinski definition) is 5. The number of furan rings is 1. The third-order valence-electron chi connectivity index (χ3n) is 4.45. The molecule has 1 unspecified atom stereocenters. The monoisotopic (exact) mass is 329 g/mol. The van der Waals surface area contributed by atoms with Crippen LogP contribution in [0.2, 0.25) is 0 Å². The largest absolute Gasteiger partial charge is 0.493 e. The molecule has 1 N–H and O–H groups in total. The highest BCUT2D eigenvalue weighted by molar-refractivity contribution is 5.96. The number of aryl methyl sites for hydroxylation is 1. The van der Waals surface area contributed by atoms with Crippen molar-refractivity contribution < 1.29 is 23.4 Å². The fraction of sp³-hybridized carbons (Fsp3) is 0.389. The maximum absolute atomic E-state index is 12.7. The molecular weight excluding hydrogens is 310 g/mol. The summed E-state index contributed by atoms with van der Waals surface area (Å²) in [6, 6.07) is 5.29. The van der Waals surface area contributed by atoms with E-state index in [9.17, 15) is 4.79 Å². The average molecular weight is 329 g/mol. The summed E-state index contributed by atoms with van der Waals surface area (Å²) >= 11 is 0. The minimum atomic E-state index is -0.163. The van der Waals surface area contributed by atoms with Gasteiger partial charge in [-0.15, -0.1) is 0 Å². The van der Waals surface area contributed by atoms with E-state index in [0.717, 1.165) is 30.6 Å². The minimum Gasteiger partial charge on any atom is -0.493 e. The van der Waals surface area contributed by atoms with Crippen molar-refractivity contribution in [1.82, 2.24) is 5.32 Å². The molecular formula is C18H19NO5. The second-order valence-electron chi connectivity index (χ2n) is 5.92. The number of ether oxygens (including phenoxy) is 3. The zero-order chi connectivity index (χ0) is 16.5. The average Bonchev–Trinajstić information content (AvgIpc) is 3.10. The Morgan fingerprint density at radius 3 is 3.04 bits per heavy atom. The third kappa shape index (κ3) is 2.58. The predicted octanol–water partition coefficient (Wildman–Crippen LogP) is 2.87. The zero-order valence-corrected chi connectivity index (χ0v) is 13.5. The summed E-state index contributed by atoms with van der Waals surface area (Å²) in [5.41, 5.74) is 1.56. The van der Waals surface area contributed by atoms with Crippen molar-refractivity contribution in [1.29, 1.82) is 0 Å². The summed E-state index contributed by atoms with van der Waals surface area (Å²) in [5, 5.41) is 3.08. The molecule has 0 bridgehead atoms.